The highest BCUT2D eigenvalue weighted by molar-refractivity contribution is 7.91. The van der Waals surface area contributed by atoms with E-state index in [9.17, 15) is 8.42 Å². The van der Waals surface area contributed by atoms with Gasteiger partial charge in [-0.15, -0.1) is 0 Å². The number of hydrogen-bond acceptors (Lipinski definition) is 8. The quantitative estimate of drug-likeness (QED) is 0.321. The van der Waals surface area contributed by atoms with Gasteiger partial charge >= 0.3 is 0 Å². The van der Waals surface area contributed by atoms with Crippen molar-refractivity contribution in [2.75, 3.05) is 25.1 Å². The van der Waals surface area contributed by atoms with Crippen molar-refractivity contribution in [1.29, 1.82) is 0 Å². The van der Waals surface area contributed by atoms with Gasteiger partial charge in [0.2, 0.25) is 26.6 Å². The van der Waals surface area contributed by atoms with Crippen molar-refractivity contribution in [3.8, 4) is 28.7 Å². The Morgan fingerprint density at radius 1 is 0.972 bits per heavy atom. The number of anilines is 2. The number of hydrogen-bond donors (Lipinski definition) is 1. The SMILES string of the molecule is CCCOc1ccc(-c2nc(S(=O)(=O)c3ccc4c(c3)OCCO4)c(Nc3cccc(C)c3)o2)cc1. The van der Waals surface area contributed by atoms with Gasteiger partial charge < -0.3 is 23.9 Å². The standard InChI is InChI=1S/C27H26N2O6S/c1-3-13-32-21-9-7-19(8-10-21)25-29-27(26(35-25)28-20-6-4-5-18(2)16-20)36(30,31)22-11-12-23-24(17-22)34-15-14-33-23/h4-12,16-17,28H,3,13-15H2,1-2H3. The van der Waals surface area contributed by atoms with Crippen LogP contribution in [0.2, 0.25) is 0 Å². The molecule has 1 aliphatic rings. The van der Waals surface area contributed by atoms with Gasteiger partial charge in [-0.1, -0.05) is 19.1 Å². The molecule has 9 heteroatoms. The predicted octanol–water partition coefficient (Wildman–Crippen LogP) is 5.79. The topological polar surface area (TPSA) is 99.9 Å². The predicted molar refractivity (Wildman–Crippen MR) is 135 cm³/mol. The van der Waals surface area contributed by atoms with Gasteiger partial charge in [0.25, 0.3) is 0 Å². The first kappa shape index (κ1) is 23.7. The first-order valence-electron chi connectivity index (χ1n) is 11.7. The molecule has 2 heterocycles. The molecule has 0 aliphatic carbocycles. The largest absolute Gasteiger partial charge is 0.494 e. The maximum absolute atomic E-state index is 13.7. The number of nitrogens with one attached hydrogen (secondary N) is 1. The van der Waals surface area contributed by atoms with Crippen LogP contribution < -0.4 is 19.5 Å². The Labute approximate surface area is 209 Å². The fourth-order valence-corrected chi connectivity index (χ4v) is 5.03. The van der Waals surface area contributed by atoms with Crippen LogP contribution in [0.15, 0.2) is 81.1 Å². The molecule has 0 fully saturated rings. The Morgan fingerprint density at radius 3 is 2.50 bits per heavy atom. The summed E-state index contributed by atoms with van der Waals surface area (Å²) in [5, 5.41) is 2.87. The third kappa shape index (κ3) is 4.87. The Bertz CT molecular complexity index is 1480. The summed E-state index contributed by atoms with van der Waals surface area (Å²) < 4.78 is 50.2. The number of nitrogens with zero attached hydrogens (tertiary/aromatic N) is 1. The summed E-state index contributed by atoms with van der Waals surface area (Å²) in [7, 11) is -4.07. The van der Waals surface area contributed by atoms with E-state index in [1.165, 1.54) is 12.1 Å². The Kier molecular flexibility index (Phi) is 6.56. The van der Waals surface area contributed by atoms with E-state index in [0.29, 0.717) is 42.6 Å². The average Bonchev–Trinajstić information content (AvgIpc) is 3.32. The molecule has 0 amide bonds. The number of aryl methyl sites for hydroxylation is 1. The van der Waals surface area contributed by atoms with Crippen molar-refractivity contribution in [3.05, 3.63) is 72.3 Å². The second-order valence-electron chi connectivity index (χ2n) is 8.33. The van der Waals surface area contributed by atoms with Gasteiger partial charge in [-0.05, 0) is 67.4 Å². The van der Waals surface area contributed by atoms with Crippen LogP contribution in [0.1, 0.15) is 18.9 Å². The third-order valence-electron chi connectivity index (χ3n) is 5.52. The van der Waals surface area contributed by atoms with Crippen LogP contribution in [-0.2, 0) is 9.84 Å². The van der Waals surface area contributed by atoms with Crippen LogP contribution in [0.5, 0.6) is 17.2 Å². The van der Waals surface area contributed by atoms with Gasteiger partial charge in [-0.25, -0.2) is 8.42 Å². The number of aromatic nitrogens is 1. The number of rotatable bonds is 8. The normalized spacial score (nSPS) is 12.8. The Hall–Kier alpha value is -3.98. The lowest BCUT2D eigenvalue weighted by Gasteiger charge is -2.18. The second kappa shape index (κ2) is 9.94. The molecule has 5 rings (SSSR count). The van der Waals surface area contributed by atoms with Crippen LogP contribution in [0.4, 0.5) is 11.6 Å². The summed E-state index contributed by atoms with van der Waals surface area (Å²) in [6, 6.07) is 19.2. The molecule has 0 bridgehead atoms. The van der Waals surface area contributed by atoms with Crippen molar-refractivity contribution in [2.24, 2.45) is 0 Å². The van der Waals surface area contributed by atoms with Gasteiger partial charge in [-0.2, -0.15) is 4.98 Å². The van der Waals surface area contributed by atoms with Crippen molar-refractivity contribution in [3.63, 3.8) is 0 Å². The molecule has 0 radical (unpaired) electrons. The smallest absolute Gasteiger partial charge is 0.238 e. The Morgan fingerprint density at radius 2 is 1.75 bits per heavy atom. The highest BCUT2D eigenvalue weighted by atomic mass is 32.2. The lowest BCUT2D eigenvalue weighted by atomic mass is 10.2. The molecule has 1 N–H and O–H groups in total. The van der Waals surface area contributed by atoms with E-state index in [-0.39, 0.29) is 21.7 Å². The molecule has 3 aromatic carbocycles. The molecular weight excluding hydrogens is 480 g/mol. The van der Waals surface area contributed by atoms with Gasteiger partial charge in [-0.3, -0.25) is 0 Å². The van der Waals surface area contributed by atoms with E-state index >= 15 is 0 Å². The van der Waals surface area contributed by atoms with Crippen molar-refractivity contribution >= 4 is 21.4 Å². The lowest BCUT2D eigenvalue weighted by Crippen LogP contribution is -2.16. The molecule has 1 aliphatic heterocycles. The highest BCUT2D eigenvalue weighted by Gasteiger charge is 2.30. The fourth-order valence-electron chi connectivity index (χ4n) is 3.76. The van der Waals surface area contributed by atoms with Crippen LogP contribution in [0, 0.1) is 6.92 Å². The monoisotopic (exact) mass is 506 g/mol. The maximum Gasteiger partial charge on any atom is 0.238 e. The van der Waals surface area contributed by atoms with Gasteiger partial charge in [0.05, 0.1) is 11.5 Å². The molecule has 36 heavy (non-hydrogen) atoms. The summed E-state index contributed by atoms with van der Waals surface area (Å²) in [6.07, 6.45) is 0.899. The summed E-state index contributed by atoms with van der Waals surface area (Å²) in [6.45, 7) is 5.36. The summed E-state index contributed by atoms with van der Waals surface area (Å²) in [4.78, 5) is 4.45. The van der Waals surface area contributed by atoms with Crippen LogP contribution in [0.25, 0.3) is 11.5 Å². The molecule has 4 aromatic rings. The summed E-state index contributed by atoms with van der Waals surface area (Å²) >= 11 is 0. The van der Waals surface area contributed by atoms with Crippen LogP contribution in [-0.4, -0.2) is 33.2 Å². The average molecular weight is 507 g/mol. The van der Waals surface area contributed by atoms with E-state index in [0.717, 1.165) is 17.7 Å². The van der Waals surface area contributed by atoms with Gasteiger partial charge in [0.15, 0.2) is 11.5 Å². The number of sulfone groups is 1. The molecule has 8 nitrogen and oxygen atoms in total. The molecular formula is C27H26N2O6S. The van der Waals surface area contributed by atoms with Crippen molar-refractivity contribution in [2.45, 2.75) is 30.2 Å². The van der Waals surface area contributed by atoms with Crippen LogP contribution >= 0.6 is 0 Å². The molecule has 0 saturated carbocycles. The van der Waals surface area contributed by atoms with Gasteiger partial charge in [0, 0.05) is 17.3 Å². The molecule has 0 atom stereocenters. The fraction of sp³-hybridized carbons (Fsp3) is 0.222. The van der Waals surface area contributed by atoms with E-state index in [1.807, 2.05) is 38.1 Å². The zero-order valence-electron chi connectivity index (χ0n) is 20.0. The number of oxazole rings is 1. The van der Waals surface area contributed by atoms with Gasteiger partial charge in [0.1, 0.15) is 19.0 Å². The molecule has 1 aromatic heterocycles. The zero-order chi connectivity index (χ0) is 25.1. The van der Waals surface area contributed by atoms with E-state index < -0.39 is 9.84 Å². The number of fused-ring (bicyclic) bond motifs is 1. The molecule has 0 unspecified atom stereocenters. The first-order valence-corrected chi connectivity index (χ1v) is 13.1. The lowest BCUT2D eigenvalue weighted by molar-refractivity contribution is 0.171. The van der Waals surface area contributed by atoms with Crippen LogP contribution in [0.3, 0.4) is 0 Å². The van der Waals surface area contributed by atoms with E-state index in [4.69, 9.17) is 18.6 Å². The molecule has 0 spiro atoms. The second-order valence-corrected chi connectivity index (χ2v) is 10.2. The maximum atomic E-state index is 13.7. The zero-order valence-corrected chi connectivity index (χ0v) is 20.8. The van der Waals surface area contributed by atoms with Crippen molar-refractivity contribution in [1.82, 2.24) is 4.98 Å². The third-order valence-corrected chi connectivity index (χ3v) is 7.18. The number of ether oxygens (including phenoxy) is 3. The number of benzene rings is 3. The first-order chi connectivity index (χ1) is 17.4. The van der Waals surface area contributed by atoms with E-state index in [2.05, 4.69) is 10.3 Å². The molecule has 186 valence electrons. The van der Waals surface area contributed by atoms with Crippen molar-refractivity contribution < 1.29 is 27.0 Å². The highest BCUT2D eigenvalue weighted by Crippen LogP contribution is 2.38. The summed E-state index contributed by atoms with van der Waals surface area (Å²) in [5.41, 5.74) is 2.31. The summed E-state index contributed by atoms with van der Waals surface area (Å²) in [5.74, 6) is 1.79. The Balaban J connectivity index is 1.56. The van der Waals surface area contributed by atoms with E-state index in [1.54, 1.807) is 30.3 Å². The minimum Gasteiger partial charge on any atom is -0.494 e. The minimum atomic E-state index is -4.07. The molecule has 0 saturated heterocycles. The minimum absolute atomic E-state index is 0.0248.